The normalized spacial score (nSPS) is 20.0. The van der Waals surface area contributed by atoms with E-state index in [9.17, 15) is 0 Å². The molecule has 0 bridgehead atoms. The van der Waals surface area contributed by atoms with Gasteiger partial charge in [-0.25, -0.2) is 9.50 Å². The van der Waals surface area contributed by atoms with Gasteiger partial charge in [-0.3, -0.25) is 4.90 Å². The first-order valence-electron chi connectivity index (χ1n) is 9.45. The third-order valence-electron chi connectivity index (χ3n) is 5.63. The first-order valence-corrected chi connectivity index (χ1v) is 9.45. The van der Waals surface area contributed by atoms with Crippen LogP contribution in [0.3, 0.4) is 0 Å². The van der Waals surface area contributed by atoms with Crippen molar-refractivity contribution in [3.8, 4) is 0 Å². The summed E-state index contributed by atoms with van der Waals surface area (Å²) < 4.78 is 1.92. The van der Waals surface area contributed by atoms with E-state index in [1.165, 1.54) is 35.2 Å². The van der Waals surface area contributed by atoms with Crippen molar-refractivity contribution in [3.63, 3.8) is 0 Å². The molecule has 2 aromatic heterocycles. The molecule has 1 atom stereocenters. The Labute approximate surface area is 153 Å². The molecular weight excluding hydrogens is 322 g/mol. The highest BCUT2D eigenvalue weighted by Crippen LogP contribution is 2.30. The number of aryl methyl sites for hydroxylation is 1. The van der Waals surface area contributed by atoms with Crippen LogP contribution < -0.4 is 0 Å². The largest absolute Gasteiger partial charge is 0.298 e. The molecule has 0 N–H and O–H groups in total. The summed E-state index contributed by atoms with van der Waals surface area (Å²) in [6, 6.07) is 8.91. The first-order chi connectivity index (χ1) is 12.8. The molecule has 1 aliphatic carbocycles. The van der Waals surface area contributed by atoms with Gasteiger partial charge >= 0.3 is 0 Å². The molecule has 3 heterocycles. The van der Waals surface area contributed by atoms with Crippen LogP contribution >= 0.6 is 0 Å². The molecule has 1 aliphatic heterocycles. The van der Waals surface area contributed by atoms with Gasteiger partial charge in [-0.2, -0.15) is 10.1 Å². The van der Waals surface area contributed by atoms with E-state index in [0.29, 0.717) is 11.7 Å². The number of hydrogen-bond donors (Lipinski definition) is 0. The lowest BCUT2D eigenvalue weighted by molar-refractivity contribution is 0.197. The van der Waals surface area contributed by atoms with E-state index in [0.717, 1.165) is 31.7 Å². The van der Waals surface area contributed by atoms with Crippen molar-refractivity contribution in [2.45, 2.75) is 38.6 Å². The third-order valence-corrected chi connectivity index (χ3v) is 5.63. The average molecular weight is 345 g/mol. The Morgan fingerprint density at radius 3 is 3.19 bits per heavy atom. The van der Waals surface area contributed by atoms with Crippen LogP contribution in [0.15, 0.2) is 36.7 Å². The minimum atomic E-state index is 0.474. The SMILES string of the molecule is Cc1cc(C2CCCN(Cc3cccc4c3C=CC4)C2)n2ncnc2n1. The van der Waals surface area contributed by atoms with Crippen LogP contribution in [0.25, 0.3) is 11.9 Å². The highest BCUT2D eigenvalue weighted by atomic mass is 15.3. The van der Waals surface area contributed by atoms with E-state index in [1.807, 2.05) is 11.4 Å². The average Bonchev–Trinajstić information content (AvgIpc) is 3.30. The molecule has 0 radical (unpaired) electrons. The smallest absolute Gasteiger partial charge is 0.252 e. The van der Waals surface area contributed by atoms with Crippen molar-refractivity contribution < 1.29 is 0 Å². The van der Waals surface area contributed by atoms with Crippen LogP contribution in [0.5, 0.6) is 0 Å². The molecule has 1 aromatic carbocycles. The fourth-order valence-electron chi connectivity index (χ4n) is 4.43. The Morgan fingerprint density at radius 2 is 2.23 bits per heavy atom. The van der Waals surface area contributed by atoms with Gasteiger partial charge in [0.25, 0.3) is 5.78 Å². The molecule has 0 spiro atoms. The second-order valence-corrected chi connectivity index (χ2v) is 7.46. The molecule has 0 amide bonds. The maximum atomic E-state index is 4.49. The Kier molecular flexibility index (Phi) is 3.82. The lowest BCUT2D eigenvalue weighted by Crippen LogP contribution is -2.35. The van der Waals surface area contributed by atoms with Crippen molar-refractivity contribution in [2.24, 2.45) is 0 Å². The zero-order valence-electron chi connectivity index (χ0n) is 15.1. The number of piperidine rings is 1. The number of allylic oxidation sites excluding steroid dienone is 1. The minimum Gasteiger partial charge on any atom is -0.298 e. The summed E-state index contributed by atoms with van der Waals surface area (Å²) in [6.45, 7) is 5.28. The Bertz CT molecular complexity index is 987. The number of nitrogens with zero attached hydrogens (tertiary/aromatic N) is 5. The summed E-state index contributed by atoms with van der Waals surface area (Å²) in [5.41, 5.74) is 6.61. The van der Waals surface area contributed by atoms with Crippen LogP contribution in [0.2, 0.25) is 0 Å². The van der Waals surface area contributed by atoms with Gasteiger partial charge in [-0.1, -0.05) is 30.4 Å². The second kappa shape index (κ2) is 6.32. The van der Waals surface area contributed by atoms with Crippen LogP contribution in [-0.2, 0) is 13.0 Å². The highest BCUT2D eigenvalue weighted by Gasteiger charge is 2.25. The molecule has 1 saturated heterocycles. The number of benzene rings is 1. The summed E-state index contributed by atoms with van der Waals surface area (Å²) in [5, 5.41) is 4.41. The van der Waals surface area contributed by atoms with E-state index < -0.39 is 0 Å². The molecule has 5 nitrogen and oxygen atoms in total. The summed E-state index contributed by atoms with van der Waals surface area (Å²) >= 11 is 0. The molecule has 2 aliphatic rings. The monoisotopic (exact) mass is 345 g/mol. The number of likely N-dealkylation sites (tertiary alicyclic amines) is 1. The molecule has 5 rings (SSSR count). The lowest BCUT2D eigenvalue weighted by atomic mass is 9.93. The van der Waals surface area contributed by atoms with E-state index >= 15 is 0 Å². The van der Waals surface area contributed by atoms with E-state index in [-0.39, 0.29) is 0 Å². The second-order valence-electron chi connectivity index (χ2n) is 7.46. The fourth-order valence-corrected chi connectivity index (χ4v) is 4.43. The van der Waals surface area contributed by atoms with Gasteiger partial charge in [0.2, 0.25) is 0 Å². The summed E-state index contributed by atoms with van der Waals surface area (Å²) in [7, 11) is 0. The summed E-state index contributed by atoms with van der Waals surface area (Å²) in [4.78, 5) is 11.4. The molecule has 132 valence electrons. The number of aromatic nitrogens is 4. The Balaban J connectivity index is 1.41. The van der Waals surface area contributed by atoms with Crippen molar-refractivity contribution in [1.29, 1.82) is 0 Å². The minimum absolute atomic E-state index is 0.474. The van der Waals surface area contributed by atoms with E-state index in [1.54, 1.807) is 6.33 Å². The van der Waals surface area contributed by atoms with Gasteiger partial charge in [-0.15, -0.1) is 0 Å². The zero-order chi connectivity index (χ0) is 17.5. The van der Waals surface area contributed by atoms with Gasteiger partial charge in [0.1, 0.15) is 6.33 Å². The number of fused-ring (bicyclic) bond motifs is 2. The van der Waals surface area contributed by atoms with Gasteiger partial charge in [0, 0.05) is 24.7 Å². The van der Waals surface area contributed by atoms with Crippen molar-refractivity contribution in [1.82, 2.24) is 24.5 Å². The van der Waals surface area contributed by atoms with Crippen LogP contribution in [-0.4, -0.2) is 37.6 Å². The molecule has 26 heavy (non-hydrogen) atoms. The zero-order valence-corrected chi connectivity index (χ0v) is 15.1. The van der Waals surface area contributed by atoms with Gasteiger partial charge in [0.05, 0.1) is 5.69 Å². The standard InChI is InChI=1S/C21H23N5/c1-15-11-20(26-21(24-15)22-14-23-26)18-8-4-10-25(13-18)12-17-7-2-5-16-6-3-9-19(16)17/h2-3,5,7,9,11,14,18H,4,6,8,10,12-13H2,1H3. The predicted octanol–water partition coefficient (Wildman–Crippen LogP) is 3.38. The Morgan fingerprint density at radius 1 is 1.27 bits per heavy atom. The van der Waals surface area contributed by atoms with Crippen molar-refractivity contribution in [2.75, 3.05) is 13.1 Å². The van der Waals surface area contributed by atoms with Crippen molar-refractivity contribution >= 4 is 11.9 Å². The van der Waals surface area contributed by atoms with Crippen molar-refractivity contribution in [3.05, 3.63) is 64.7 Å². The molecule has 5 heteroatoms. The summed E-state index contributed by atoms with van der Waals surface area (Å²) in [6.07, 6.45) is 9.65. The molecule has 0 saturated carbocycles. The number of rotatable bonds is 3. The quantitative estimate of drug-likeness (QED) is 0.730. The topological polar surface area (TPSA) is 46.3 Å². The maximum absolute atomic E-state index is 4.49. The van der Waals surface area contributed by atoms with Crippen LogP contribution in [0.1, 0.15) is 46.8 Å². The lowest BCUT2D eigenvalue weighted by Gasteiger charge is -2.33. The molecular formula is C21H23N5. The van der Waals surface area contributed by atoms with E-state index in [4.69, 9.17) is 0 Å². The molecule has 1 fully saturated rings. The van der Waals surface area contributed by atoms with Gasteiger partial charge in [-0.05, 0) is 55.5 Å². The Hall–Kier alpha value is -2.53. The summed E-state index contributed by atoms with van der Waals surface area (Å²) in [5.74, 6) is 1.19. The molecule has 3 aromatic rings. The first kappa shape index (κ1) is 15.7. The fraction of sp³-hybridized carbons (Fsp3) is 0.381. The maximum Gasteiger partial charge on any atom is 0.252 e. The third kappa shape index (κ3) is 2.72. The van der Waals surface area contributed by atoms with Crippen LogP contribution in [0, 0.1) is 6.92 Å². The van der Waals surface area contributed by atoms with E-state index in [2.05, 4.69) is 56.4 Å². The van der Waals surface area contributed by atoms with Gasteiger partial charge in [0.15, 0.2) is 0 Å². The number of hydrogen-bond acceptors (Lipinski definition) is 4. The van der Waals surface area contributed by atoms with Crippen LogP contribution in [0.4, 0.5) is 0 Å². The van der Waals surface area contributed by atoms with Gasteiger partial charge < -0.3 is 0 Å². The highest BCUT2D eigenvalue weighted by molar-refractivity contribution is 5.63. The molecule has 1 unspecified atom stereocenters. The predicted molar refractivity (Wildman–Crippen MR) is 102 cm³/mol.